The summed E-state index contributed by atoms with van der Waals surface area (Å²) in [5, 5.41) is 3.48. The molecule has 0 bridgehead atoms. The van der Waals surface area contributed by atoms with Crippen molar-refractivity contribution in [3.8, 4) is 0 Å². The van der Waals surface area contributed by atoms with Crippen LogP contribution in [-0.2, 0) is 0 Å². The maximum absolute atomic E-state index is 3.48. The summed E-state index contributed by atoms with van der Waals surface area (Å²) in [7, 11) is 4.44. The van der Waals surface area contributed by atoms with Gasteiger partial charge in [0.15, 0.2) is 11.4 Å². The minimum atomic E-state index is 0. The van der Waals surface area contributed by atoms with E-state index in [1.807, 2.05) is 0 Å². The standard InChI is InChI=1S/C14H15N2.HI/c1-16(2)13-9-5-3-7-11(13)15-12-8-4-6-10-14(12)16;/h3-10,15H,1-2H3;1H/q+1;/p-1. The summed E-state index contributed by atoms with van der Waals surface area (Å²) in [6.45, 7) is 0. The van der Waals surface area contributed by atoms with Crippen LogP contribution in [0.15, 0.2) is 48.5 Å². The van der Waals surface area contributed by atoms with Crippen molar-refractivity contribution < 1.29 is 24.0 Å². The average molecular weight is 338 g/mol. The van der Waals surface area contributed by atoms with Crippen molar-refractivity contribution in [3.05, 3.63) is 48.5 Å². The highest BCUT2D eigenvalue weighted by Gasteiger charge is 2.32. The van der Waals surface area contributed by atoms with Gasteiger partial charge in [-0.3, -0.25) is 4.48 Å². The Balaban J connectivity index is 0.00000108. The Hall–Kier alpha value is -1.07. The van der Waals surface area contributed by atoms with Crippen LogP contribution in [0.1, 0.15) is 0 Å². The first kappa shape index (κ1) is 12.4. The average Bonchev–Trinajstić information content (AvgIpc) is 2.29. The SMILES string of the molecule is C[N+]1(C)c2ccccc2Nc2ccccc21.[I-]. The minimum absolute atomic E-state index is 0. The molecule has 1 aliphatic rings. The molecule has 88 valence electrons. The lowest BCUT2D eigenvalue weighted by molar-refractivity contribution is -0.00000322. The van der Waals surface area contributed by atoms with Crippen molar-refractivity contribution in [3.63, 3.8) is 0 Å². The maximum atomic E-state index is 3.48. The molecule has 0 spiro atoms. The number of nitrogens with zero attached hydrogens (tertiary/aromatic N) is 1. The van der Waals surface area contributed by atoms with Crippen LogP contribution in [0.5, 0.6) is 0 Å². The van der Waals surface area contributed by atoms with E-state index in [9.17, 15) is 0 Å². The van der Waals surface area contributed by atoms with Crippen LogP contribution in [0.25, 0.3) is 0 Å². The van der Waals surface area contributed by atoms with E-state index in [0.29, 0.717) is 0 Å². The molecule has 3 heteroatoms. The normalized spacial score (nSPS) is 14.9. The zero-order chi connectivity index (χ0) is 11.2. The number of rotatable bonds is 0. The van der Waals surface area contributed by atoms with E-state index in [1.54, 1.807) is 0 Å². The Kier molecular flexibility index (Phi) is 3.14. The maximum Gasteiger partial charge on any atom is 0.161 e. The Labute approximate surface area is 119 Å². The molecule has 0 aliphatic carbocycles. The van der Waals surface area contributed by atoms with Crippen molar-refractivity contribution in [2.75, 3.05) is 19.4 Å². The Morgan fingerprint density at radius 3 is 1.65 bits per heavy atom. The van der Waals surface area contributed by atoms with Gasteiger partial charge in [0.25, 0.3) is 0 Å². The topological polar surface area (TPSA) is 12.0 Å². The van der Waals surface area contributed by atoms with Gasteiger partial charge in [-0.15, -0.1) is 0 Å². The van der Waals surface area contributed by atoms with Crippen LogP contribution in [0.3, 0.4) is 0 Å². The minimum Gasteiger partial charge on any atom is -1.00 e. The smallest absolute Gasteiger partial charge is 0.161 e. The monoisotopic (exact) mass is 338 g/mol. The molecular weight excluding hydrogens is 323 g/mol. The van der Waals surface area contributed by atoms with E-state index in [0.717, 1.165) is 4.48 Å². The lowest BCUT2D eigenvalue weighted by Gasteiger charge is -2.36. The van der Waals surface area contributed by atoms with Gasteiger partial charge >= 0.3 is 0 Å². The Morgan fingerprint density at radius 2 is 1.18 bits per heavy atom. The second-order valence-corrected chi connectivity index (χ2v) is 4.61. The molecule has 17 heavy (non-hydrogen) atoms. The Morgan fingerprint density at radius 1 is 0.765 bits per heavy atom. The van der Waals surface area contributed by atoms with Crippen molar-refractivity contribution in [2.45, 2.75) is 0 Å². The predicted molar refractivity (Wildman–Crippen MR) is 69.5 cm³/mol. The number of benzene rings is 2. The highest BCUT2D eigenvalue weighted by molar-refractivity contribution is 5.88. The van der Waals surface area contributed by atoms with Gasteiger partial charge in [0.1, 0.15) is 11.4 Å². The molecular formula is C14H15IN2. The molecule has 0 radical (unpaired) electrons. The highest BCUT2D eigenvalue weighted by atomic mass is 127. The molecule has 1 N–H and O–H groups in total. The zero-order valence-electron chi connectivity index (χ0n) is 9.94. The van der Waals surface area contributed by atoms with Crippen LogP contribution in [-0.4, -0.2) is 14.1 Å². The van der Waals surface area contributed by atoms with Gasteiger partial charge in [-0.25, -0.2) is 0 Å². The van der Waals surface area contributed by atoms with Crippen molar-refractivity contribution in [2.24, 2.45) is 0 Å². The van der Waals surface area contributed by atoms with Gasteiger partial charge in [0.2, 0.25) is 0 Å². The molecule has 0 aromatic heterocycles. The Bertz CT molecular complexity index is 502. The van der Waals surface area contributed by atoms with Crippen LogP contribution < -0.4 is 33.8 Å². The van der Waals surface area contributed by atoms with E-state index >= 15 is 0 Å². The van der Waals surface area contributed by atoms with Crippen LogP contribution in [0.2, 0.25) is 0 Å². The van der Waals surface area contributed by atoms with E-state index < -0.39 is 0 Å². The largest absolute Gasteiger partial charge is 1.00 e. The molecule has 0 amide bonds. The van der Waals surface area contributed by atoms with Gasteiger partial charge in [0.05, 0.1) is 14.1 Å². The number of hydrogen-bond donors (Lipinski definition) is 1. The van der Waals surface area contributed by atoms with Gasteiger partial charge in [-0.1, -0.05) is 24.3 Å². The molecule has 0 atom stereocenters. The fourth-order valence-electron chi connectivity index (χ4n) is 2.41. The molecule has 1 aliphatic heterocycles. The number of anilines is 2. The third-order valence-electron chi connectivity index (χ3n) is 3.28. The molecule has 0 saturated heterocycles. The van der Waals surface area contributed by atoms with Gasteiger partial charge in [0, 0.05) is 12.1 Å². The quantitative estimate of drug-likeness (QED) is 0.549. The van der Waals surface area contributed by atoms with E-state index in [2.05, 4.69) is 67.9 Å². The number of nitrogens with one attached hydrogen (secondary N) is 1. The van der Waals surface area contributed by atoms with E-state index in [-0.39, 0.29) is 24.0 Å². The van der Waals surface area contributed by atoms with Crippen LogP contribution in [0.4, 0.5) is 22.7 Å². The molecule has 2 aromatic rings. The molecule has 2 aromatic carbocycles. The van der Waals surface area contributed by atoms with Gasteiger partial charge in [-0.05, 0) is 12.1 Å². The summed E-state index contributed by atoms with van der Waals surface area (Å²) in [6.07, 6.45) is 0. The number of hydrogen-bond acceptors (Lipinski definition) is 1. The summed E-state index contributed by atoms with van der Waals surface area (Å²) >= 11 is 0. The first-order valence-electron chi connectivity index (χ1n) is 5.50. The number of para-hydroxylation sites is 4. The van der Waals surface area contributed by atoms with Gasteiger partial charge in [-0.2, -0.15) is 0 Å². The number of fused-ring (bicyclic) bond motifs is 2. The van der Waals surface area contributed by atoms with E-state index in [1.165, 1.54) is 22.7 Å². The van der Waals surface area contributed by atoms with Gasteiger partial charge < -0.3 is 29.3 Å². The van der Waals surface area contributed by atoms with Crippen LogP contribution in [0, 0.1) is 0 Å². The summed E-state index contributed by atoms with van der Waals surface area (Å²) in [5.41, 5.74) is 5.01. The molecule has 0 saturated carbocycles. The fourth-order valence-corrected chi connectivity index (χ4v) is 2.41. The number of quaternary nitrogens is 1. The summed E-state index contributed by atoms with van der Waals surface area (Å²) in [6, 6.07) is 16.9. The third-order valence-corrected chi connectivity index (χ3v) is 3.28. The first-order chi connectivity index (χ1) is 7.69. The van der Waals surface area contributed by atoms with Crippen molar-refractivity contribution in [1.82, 2.24) is 4.48 Å². The second-order valence-electron chi connectivity index (χ2n) is 4.61. The predicted octanol–water partition coefficient (Wildman–Crippen LogP) is 0.646. The van der Waals surface area contributed by atoms with E-state index in [4.69, 9.17) is 0 Å². The summed E-state index contributed by atoms with van der Waals surface area (Å²) in [5.74, 6) is 0. The fraction of sp³-hybridized carbons (Fsp3) is 0.143. The van der Waals surface area contributed by atoms with Crippen molar-refractivity contribution in [1.29, 1.82) is 0 Å². The number of halogens is 1. The van der Waals surface area contributed by atoms with Crippen molar-refractivity contribution >= 4 is 22.7 Å². The summed E-state index contributed by atoms with van der Waals surface area (Å²) in [4.78, 5) is 0. The first-order valence-corrected chi connectivity index (χ1v) is 5.50. The molecule has 3 rings (SSSR count). The molecule has 0 fully saturated rings. The lowest BCUT2D eigenvalue weighted by atomic mass is 10.1. The highest BCUT2D eigenvalue weighted by Crippen LogP contribution is 2.46. The molecule has 2 nitrogen and oxygen atoms in total. The summed E-state index contributed by atoms with van der Waals surface area (Å²) < 4.78 is 0.791. The molecule has 0 unspecified atom stereocenters. The third kappa shape index (κ3) is 1.83. The lowest BCUT2D eigenvalue weighted by Crippen LogP contribution is -3.00. The van der Waals surface area contributed by atoms with Crippen LogP contribution >= 0.6 is 0 Å². The second kappa shape index (κ2) is 4.31. The molecule has 1 heterocycles. The zero-order valence-corrected chi connectivity index (χ0v) is 12.1.